The second kappa shape index (κ2) is 20.0. The van der Waals surface area contributed by atoms with E-state index >= 15 is 0 Å². The van der Waals surface area contributed by atoms with Crippen LogP contribution in [0.15, 0.2) is 12.2 Å². The predicted molar refractivity (Wildman–Crippen MR) is 121 cm³/mol. The number of rotatable bonds is 20. The van der Waals surface area contributed by atoms with Gasteiger partial charge in [-0.1, -0.05) is 103 Å². The Morgan fingerprint density at radius 2 is 1.17 bits per heavy atom. The third-order valence-corrected chi connectivity index (χ3v) is 5.11. The largest absolute Gasteiger partial charge is 0.459 e. The van der Waals surface area contributed by atoms with E-state index in [0.717, 1.165) is 12.8 Å². The fourth-order valence-corrected chi connectivity index (χ4v) is 3.27. The normalized spacial score (nSPS) is 11.8. The van der Waals surface area contributed by atoms with Crippen LogP contribution in [-0.4, -0.2) is 24.6 Å². The van der Waals surface area contributed by atoms with Crippen molar-refractivity contribution in [3.05, 3.63) is 12.2 Å². The third kappa shape index (κ3) is 19.8. The molecule has 0 heterocycles. The van der Waals surface area contributed by atoms with Crippen LogP contribution in [0.3, 0.4) is 0 Å². The smallest absolute Gasteiger partial charge is 0.333 e. The summed E-state index contributed by atoms with van der Waals surface area (Å²) in [7, 11) is 0. The monoisotopic (exact) mass is 410 g/mol. The summed E-state index contributed by atoms with van der Waals surface area (Å²) in [4.78, 5) is 23.1. The number of esters is 2. The van der Waals surface area contributed by atoms with Gasteiger partial charge in [-0.2, -0.15) is 0 Å². The van der Waals surface area contributed by atoms with E-state index in [0.29, 0.717) is 12.0 Å². The van der Waals surface area contributed by atoms with Gasteiger partial charge in [0.1, 0.15) is 12.7 Å². The maximum Gasteiger partial charge on any atom is 0.333 e. The standard InChI is InChI=1S/C25H46O4/c1-5-6-7-8-9-10-11-12-13-14-15-16-17-18-19-20-24(26)29-23(4)21-28-25(27)22(2)3/h23H,2,5-21H2,1,3-4H3. The molecular weight excluding hydrogens is 364 g/mol. The summed E-state index contributed by atoms with van der Waals surface area (Å²) in [6, 6.07) is 0. The fraction of sp³-hybridized carbons (Fsp3) is 0.840. The zero-order valence-electron chi connectivity index (χ0n) is 19.4. The van der Waals surface area contributed by atoms with Crippen molar-refractivity contribution in [1.29, 1.82) is 0 Å². The number of hydrogen-bond acceptors (Lipinski definition) is 4. The van der Waals surface area contributed by atoms with Gasteiger partial charge < -0.3 is 9.47 Å². The first kappa shape index (κ1) is 27.7. The van der Waals surface area contributed by atoms with E-state index in [1.165, 1.54) is 83.5 Å². The molecule has 0 amide bonds. The summed E-state index contributed by atoms with van der Waals surface area (Å²) in [5.74, 6) is -0.658. The lowest BCUT2D eigenvalue weighted by molar-refractivity contribution is -0.156. The van der Waals surface area contributed by atoms with Gasteiger partial charge in [-0.25, -0.2) is 4.79 Å². The molecule has 0 aliphatic rings. The highest BCUT2D eigenvalue weighted by atomic mass is 16.6. The maximum atomic E-state index is 11.8. The minimum absolute atomic E-state index is 0.0797. The van der Waals surface area contributed by atoms with E-state index in [9.17, 15) is 9.59 Å². The molecule has 0 aliphatic carbocycles. The van der Waals surface area contributed by atoms with Gasteiger partial charge in [-0.3, -0.25) is 4.79 Å². The Bertz CT molecular complexity index is 431. The molecule has 170 valence electrons. The van der Waals surface area contributed by atoms with E-state index < -0.39 is 12.1 Å². The second-order valence-electron chi connectivity index (χ2n) is 8.38. The quantitative estimate of drug-likeness (QED) is 0.120. The minimum atomic E-state index is -0.449. The molecule has 0 N–H and O–H groups in total. The van der Waals surface area contributed by atoms with Gasteiger partial charge in [0.05, 0.1) is 0 Å². The molecule has 0 aliphatic heterocycles. The highest BCUT2D eigenvalue weighted by Crippen LogP contribution is 2.14. The average molecular weight is 411 g/mol. The fourth-order valence-electron chi connectivity index (χ4n) is 3.27. The lowest BCUT2D eigenvalue weighted by Crippen LogP contribution is -2.22. The first-order valence-corrected chi connectivity index (χ1v) is 12.0. The predicted octanol–water partition coefficient (Wildman–Crippen LogP) is 7.30. The van der Waals surface area contributed by atoms with Crippen LogP contribution in [0.4, 0.5) is 0 Å². The number of ether oxygens (including phenoxy) is 2. The average Bonchev–Trinajstić information content (AvgIpc) is 2.68. The number of carbonyl (C=O) groups is 2. The van der Waals surface area contributed by atoms with E-state index in [1.54, 1.807) is 13.8 Å². The minimum Gasteiger partial charge on any atom is -0.459 e. The molecule has 0 aromatic carbocycles. The molecule has 0 aromatic rings. The van der Waals surface area contributed by atoms with Gasteiger partial charge >= 0.3 is 11.9 Å². The van der Waals surface area contributed by atoms with E-state index in [2.05, 4.69) is 13.5 Å². The Hall–Kier alpha value is -1.32. The van der Waals surface area contributed by atoms with E-state index in [1.807, 2.05) is 0 Å². The van der Waals surface area contributed by atoms with Crippen LogP contribution < -0.4 is 0 Å². The van der Waals surface area contributed by atoms with Crippen molar-refractivity contribution in [1.82, 2.24) is 0 Å². The van der Waals surface area contributed by atoms with Crippen molar-refractivity contribution >= 4 is 11.9 Å². The molecule has 0 aromatic heterocycles. The zero-order valence-corrected chi connectivity index (χ0v) is 19.4. The Morgan fingerprint density at radius 3 is 1.59 bits per heavy atom. The van der Waals surface area contributed by atoms with Crippen LogP contribution in [0.5, 0.6) is 0 Å². The molecule has 0 saturated carbocycles. The molecule has 1 atom stereocenters. The van der Waals surface area contributed by atoms with Crippen LogP contribution in [0, 0.1) is 0 Å². The molecule has 1 unspecified atom stereocenters. The molecular formula is C25H46O4. The van der Waals surface area contributed by atoms with Crippen LogP contribution >= 0.6 is 0 Å². The van der Waals surface area contributed by atoms with Crippen molar-refractivity contribution in [3.63, 3.8) is 0 Å². The Morgan fingerprint density at radius 1 is 0.759 bits per heavy atom. The lowest BCUT2D eigenvalue weighted by atomic mass is 10.0. The summed E-state index contributed by atoms with van der Waals surface area (Å²) in [6.45, 7) is 9.19. The molecule has 4 heteroatoms. The van der Waals surface area contributed by atoms with Crippen LogP contribution in [0.1, 0.15) is 124 Å². The summed E-state index contributed by atoms with van der Waals surface area (Å²) in [5, 5.41) is 0. The van der Waals surface area contributed by atoms with Gasteiger partial charge in [0, 0.05) is 12.0 Å². The van der Waals surface area contributed by atoms with Crippen LogP contribution in [0.25, 0.3) is 0 Å². The first-order valence-electron chi connectivity index (χ1n) is 12.0. The molecule has 29 heavy (non-hydrogen) atoms. The van der Waals surface area contributed by atoms with Crippen molar-refractivity contribution < 1.29 is 19.1 Å². The van der Waals surface area contributed by atoms with Gasteiger partial charge in [-0.15, -0.1) is 0 Å². The van der Waals surface area contributed by atoms with E-state index in [4.69, 9.17) is 9.47 Å². The molecule has 0 fully saturated rings. The Balaban J connectivity index is 3.34. The Labute approximate surface area is 179 Å². The Kier molecular flexibility index (Phi) is 19.1. The van der Waals surface area contributed by atoms with Gasteiger partial charge in [-0.05, 0) is 20.3 Å². The molecule has 0 saturated heterocycles. The molecule has 4 nitrogen and oxygen atoms in total. The topological polar surface area (TPSA) is 52.6 Å². The second-order valence-corrected chi connectivity index (χ2v) is 8.38. The number of carbonyl (C=O) groups excluding carboxylic acids is 2. The number of hydrogen-bond donors (Lipinski definition) is 0. The van der Waals surface area contributed by atoms with Crippen LogP contribution in [-0.2, 0) is 19.1 Å². The van der Waals surface area contributed by atoms with Crippen molar-refractivity contribution in [2.24, 2.45) is 0 Å². The van der Waals surface area contributed by atoms with Crippen molar-refractivity contribution in [3.8, 4) is 0 Å². The summed E-state index contributed by atoms with van der Waals surface area (Å²) in [5.41, 5.74) is 0.348. The highest BCUT2D eigenvalue weighted by Gasteiger charge is 2.12. The molecule has 0 radical (unpaired) electrons. The van der Waals surface area contributed by atoms with Gasteiger partial charge in [0.25, 0.3) is 0 Å². The van der Waals surface area contributed by atoms with Crippen molar-refractivity contribution in [2.45, 2.75) is 130 Å². The van der Waals surface area contributed by atoms with Crippen molar-refractivity contribution in [2.75, 3.05) is 6.61 Å². The lowest BCUT2D eigenvalue weighted by Gasteiger charge is -2.13. The molecule has 0 rings (SSSR count). The SMILES string of the molecule is C=C(C)C(=O)OCC(C)OC(=O)CCCCCCCCCCCCCCCCC. The summed E-state index contributed by atoms with van der Waals surface area (Å²) >= 11 is 0. The van der Waals surface area contributed by atoms with E-state index in [-0.39, 0.29) is 12.6 Å². The summed E-state index contributed by atoms with van der Waals surface area (Å²) < 4.78 is 10.2. The van der Waals surface area contributed by atoms with Crippen LogP contribution in [0.2, 0.25) is 0 Å². The number of unbranched alkanes of at least 4 members (excludes halogenated alkanes) is 14. The van der Waals surface area contributed by atoms with Gasteiger partial charge in [0.2, 0.25) is 0 Å². The zero-order chi connectivity index (χ0) is 21.7. The summed E-state index contributed by atoms with van der Waals surface area (Å²) in [6.07, 6.45) is 19.6. The maximum absolute atomic E-state index is 11.8. The molecule has 0 spiro atoms. The van der Waals surface area contributed by atoms with Gasteiger partial charge in [0.15, 0.2) is 0 Å². The highest BCUT2D eigenvalue weighted by molar-refractivity contribution is 5.86. The third-order valence-electron chi connectivity index (χ3n) is 5.11. The first-order chi connectivity index (χ1) is 14.0. The molecule has 0 bridgehead atoms.